The Balaban J connectivity index is 1.92. The van der Waals surface area contributed by atoms with Gasteiger partial charge in [0.05, 0.1) is 37.2 Å². The Morgan fingerprint density at radius 2 is 1.96 bits per heavy atom. The van der Waals surface area contributed by atoms with E-state index < -0.39 is 0 Å². The van der Waals surface area contributed by atoms with Crippen molar-refractivity contribution in [2.24, 2.45) is 0 Å². The highest BCUT2D eigenvalue weighted by Crippen LogP contribution is 2.38. The molecule has 2 aromatic carbocycles. The summed E-state index contributed by atoms with van der Waals surface area (Å²) in [6.07, 6.45) is -0.114. The van der Waals surface area contributed by atoms with E-state index in [0.29, 0.717) is 34.5 Å². The summed E-state index contributed by atoms with van der Waals surface area (Å²) >= 11 is 6.19. The van der Waals surface area contributed by atoms with Gasteiger partial charge in [-0.25, -0.2) is 4.79 Å². The number of rotatable bonds is 3. The van der Waals surface area contributed by atoms with Gasteiger partial charge in [0, 0.05) is 6.07 Å². The van der Waals surface area contributed by atoms with Crippen LogP contribution in [0.5, 0.6) is 17.2 Å². The van der Waals surface area contributed by atoms with Crippen LogP contribution in [-0.4, -0.2) is 32.9 Å². The van der Waals surface area contributed by atoms with Crippen LogP contribution in [0.25, 0.3) is 0 Å². The first kappa shape index (κ1) is 18.2. The van der Waals surface area contributed by atoms with Crippen LogP contribution in [0.4, 0.5) is 16.2 Å². The lowest BCUT2D eigenvalue weighted by molar-refractivity contribution is 0.208. The molecule has 0 radical (unpaired) electrons. The molecular weight excluding hydrogens is 356 g/mol. The van der Waals surface area contributed by atoms with E-state index in [0.717, 1.165) is 11.3 Å². The maximum atomic E-state index is 13.0. The summed E-state index contributed by atoms with van der Waals surface area (Å²) in [7, 11) is 3.04. The molecule has 138 valence electrons. The molecular formula is C19H21ClN2O4. The molecule has 1 aliphatic rings. The van der Waals surface area contributed by atoms with Gasteiger partial charge in [0.15, 0.2) is 0 Å². The molecule has 0 saturated heterocycles. The van der Waals surface area contributed by atoms with Gasteiger partial charge in [0.2, 0.25) is 0 Å². The topological polar surface area (TPSA) is 60.0 Å². The van der Waals surface area contributed by atoms with E-state index in [9.17, 15) is 4.79 Å². The number of methoxy groups -OCH3 is 2. The molecule has 1 atom stereocenters. The van der Waals surface area contributed by atoms with E-state index in [4.69, 9.17) is 25.8 Å². The lowest BCUT2D eigenvalue weighted by Gasteiger charge is -2.33. The molecule has 1 heterocycles. The van der Waals surface area contributed by atoms with Gasteiger partial charge in [0.25, 0.3) is 0 Å². The number of hydrogen-bond acceptors (Lipinski definition) is 4. The van der Waals surface area contributed by atoms with Crippen molar-refractivity contribution >= 4 is 29.0 Å². The minimum absolute atomic E-state index is 0.114. The number of anilines is 2. The maximum absolute atomic E-state index is 13.0. The molecule has 1 aliphatic heterocycles. The van der Waals surface area contributed by atoms with Crippen molar-refractivity contribution in [1.82, 2.24) is 0 Å². The normalized spacial score (nSPS) is 15.7. The average Bonchev–Trinajstić information content (AvgIpc) is 2.61. The van der Waals surface area contributed by atoms with Crippen LogP contribution >= 0.6 is 11.6 Å². The Kier molecular flexibility index (Phi) is 5.13. The predicted molar refractivity (Wildman–Crippen MR) is 102 cm³/mol. The van der Waals surface area contributed by atoms with E-state index in [-0.39, 0.29) is 12.1 Å². The number of hydrogen-bond donors (Lipinski definition) is 1. The minimum Gasteiger partial charge on any atom is -0.495 e. The molecule has 0 aliphatic carbocycles. The van der Waals surface area contributed by atoms with Crippen LogP contribution in [0.3, 0.4) is 0 Å². The number of ether oxygens (including phenoxy) is 3. The van der Waals surface area contributed by atoms with Crippen LogP contribution in [0.1, 0.15) is 12.5 Å². The van der Waals surface area contributed by atoms with E-state index >= 15 is 0 Å². The van der Waals surface area contributed by atoms with Gasteiger partial charge in [-0.2, -0.15) is 0 Å². The molecule has 0 unspecified atom stereocenters. The quantitative estimate of drug-likeness (QED) is 0.857. The summed E-state index contributed by atoms with van der Waals surface area (Å²) in [6, 6.07) is 8.73. The molecule has 1 N–H and O–H groups in total. The van der Waals surface area contributed by atoms with Crippen molar-refractivity contribution in [3.8, 4) is 17.2 Å². The second kappa shape index (κ2) is 7.33. The average molecular weight is 377 g/mol. The zero-order valence-electron chi connectivity index (χ0n) is 15.1. The monoisotopic (exact) mass is 376 g/mol. The van der Waals surface area contributed by atoms with E-state index in [2.05, 4.69) is 5.32 Å². The first-order valence-corrected chi connectivity index (χ1v) is 8.58. The van der Waals surface area contributed by atoms with Gasteiger partial charge < -0.3 is 19.5 Å². The Morgan fingerprint density at radius 1 is 1.23 bits per heavy atom. The number of halogens is 1. The van der Waals surface area contributed by atoms with Gasteiger partial charge in [0.1, 0.15) is 23.4 Å². The number of nitrogens with zero attached hydrogens (tertiary/aromatic N) is 1. The summed E-state index contributed by atoms with van der Waals surface area (Å²) in [5.74, 6) is 1.62. The van der Waals surface area contributed by atoms with Crippen molar-refractivity contribution in [3.63, 3.8) is 0 Å². The van der Waals surface area contributed by atoms with Crippen LogP contribution < -0.4 is 24.4 Å². The molecule has 26 heavy (non-hydrogen) atoms. The van der Waals surface area contributed by atoms with Gasteiger partial charge >= 0.3 is 6.03 Å². The Labute approximate surface area is 157 Å². The number of carbonyl (C=O) groups excluding carboxylic acids is 1. The summed E-state index contributed by atoms with van der Waals surface area (Å²) in [5, 5.41) is 3.26. The molecule has 0 fully saturated rings. The standard InChI is InChI=1S/C19H21ClN2O4/c1-11-5-6-16-15(7-11)22(10-12(2)26-16)19(23)21-14-8-13(20)17(24-3)9-18(14)25-4/h5-9,12H,10H2,1-4H3,(H,21,23)/t12-/m1/s1. The van der Waals surface area contributed by atoms with Crippen molar-refractivity contribution < 1.29 is 19.0 Å². The molecule has 2 amide bonds. The number of amides is 2. The molecule has 0 aromatic heterocycles. The zero-order valence-corrected chi connectivity index (χ0v) is 15.9. The molecule has 0 saturated carbocycles. The molecule has 2 aromatic rings. The first-order chi connectivity index (χ1) is 12.4. The van der Waals surface area contributed by atoms with Crippen molar-refractivity contribution in [2.45, 2.75) is 20.0 Å². The fourth-order valence-corrected chi connectivity index (χ4v) is 3.12. The van der Waals surface area contributed by atoms with Gasteiger partial charge in [-0.15, -0.1) is 0 Å². The largest absolute Gasteiger partial charge is 0.495 e. The number of fused-ring (bicyclic) bond motifs is 1. The summed E-state index contributed by atoms with van der Waals surface area (Å²) < 4.78 is 16.4. The maximum Gasteiger partial charge on any atom is 0.326 e. The predicted octanol–water partition coefficient (Wildman–Crippen LogP) is 4.49. The third kappa shape index (κ3) is 3.51. The van der Waals surface area contributed by atoms with Gasteiger partial charge in [-0.1, -0.05) is 17.7 Å². The fraction of sp³-hybridized carbons (Fsp3) is 0.316. The second-order valence-corrected chi connectivity index (χ2v) is 6.53. The zero-order chi connectivity index (χ0) is 18.8. The van der Waals surface area contributed by atoms with Crippen molar-refractivity contribution in [1.29, 1.82) is 0 Å². The smallest absolute Gasteiger partial charge is 0.326 e. The number of nitrogens with one attached hydrogen (secondary N) is 1. The molecule has 7 heteroatoms. The minimum atomic E-state index is -0.286. The number of urea groups is 1. The number of aryl methyl sites for hydroxylation is 1. The summed E-state index contributed by atoms with van der Waals surface area (Å²) in [4.78, 5) is 14.6. The highest BCUT2D eigenvalue weighted by molar-refractivity contribution is 6.32. The first-order valence-electron chi connectivity index (χ1n) is 8.20. The Hall–Kier alpha value is -2.60. The lowest BCUT2D eigenvalue weighted by Crippen LogP contribution is -2.44. The third-order valence-electron chi connectivity index (χ3n) is 4.13. The third-order valence-corrected chi connectivity index (χ3v) is 4.43. The summed E-state index contributed by atoms with van der Waals surface area (Å²) in [5.41, 5.74) is 2.25. The van der Waals surface area contributed by atoms with E-state index in [1.54, 1.807) is 17.0 Å². The number of benzene rings is 2. The highest BCUT2D eigenvalue weighted by atomic mass is 35.5. The van der Waals surface area contributed by atoms with Crippen molar-refractivity contribution in [3.05, 3.63) is 40.9 Å². The second-order valence-electron chi connectivity index (χ2n) is 6.13. The van der Waals surface area contributed by atoms with E-state index in [1.165, 1.54) is 14.2 Å². The van der Waals surface area contributed by atoms with Gasteiger partial charge in [-0.05, 0) is 37.6 Å². The molecule has 6 nitrogen and oxygen atoms in total. The van der Waals surface area contributed by atoms with Crippen LogP contribution in [-0.2, 0) is 0 Å². The molecule has 3 rings (SSSR count). The fourth-order valence-electron chi connectivity index (χ4n) is 2.88. The Bertz CT molecular complexity index is 841. The van der Waals surface area contributed by atoms with Crippen LogP contribution in [0, 0.1) is 6.92 Å². The lowest BCUT2D eigenvalue weighted by atomic mass is 10.1. The Morgan fingerprint density at radius 3 is 2.65 bits per heavy atom. The van der Waals surface area contributed by atoms with E-state index in [1.807, 2.05) is 32.0 Å². The summed E-state index contributed by atoms with van der Waals surface area (Å²) in [6.45, 7) is 4.34. The van der Waals surface area contributed by atoms with Crippen LogP contribution in [0.2, 0.25) is 5.02 Å². The molecule has 0 spiro atoms. The SMILES string of the molecule is COc1cc(OC)c(NC(=O)N2C[C@@H](C)Oc3ccc(C)cc32)cc1Cl. The van der Waals surface area contributed by atoms with Crippen molar-refractivity contribution in [2.75, 3.05) is 31.0 Å². The highest BCUT2D eigenvalue weighted by Gasteiger charge is 2.28. The number of carbonyl (C=O) groups is 1. The van der Waals surface area contributed by atoms with Gasteiger partial charge in [-0.3, -0.25) is 4.90 Å². The van der Waals surface area contributed by atoms with Crippen LogP contribution in [0.15, 0.2) is 30.3 Å². The molecule has 0 bridgehead atoms.